The smallest absolute Gasteiger partial charge is 0.276 e. The standard InChI is InChI=1S/C22H28N2O4/c1-15(2)12-13-27-19-10-8-18(9-11-19)22(26)24-23-20(25)14-28-21-16(3)6-5-7-17(21)4/h5-11,15H,12-14H2,1-4H3,(H,23,25)(H,24,26). The minimum absolute atomic E-state index is 0.186. The predicted octanol–water partition coefficient (Wildman–Crippen LogP) is 3.57. The number of benzene rings is 2. The Morgan fingerprint density at radius 2 is 1.57 bits per heavy atom. The van der Waals surface area contributed by atoms with E-state index in [-0.39, 0.29) is 6.61 Å². The van der Waals surface area contributed by atoms with Crippen molar-refractivity contribution < 1.29 is 19.1 Å². The molecule has 2 amide bonds. The number of carbonyl (C=O) groups is 2. The quantitative estimate of drug-likeness (QED) is 0.682. The molecule has 0 spiro atoms. The van der Waals surface area contributed by atoms with Crippen molar-refractivity contribution in [1.29, 1.82) is 0 Å². The first kappa shape index (κ1) is 21.3. The summed E-state index contributed by atoms with van der Waals surface area (Å²) in [6.45, 7) is 8.56. The van der Waals surface area contributed by atoms with E-state index in [4.69, 9.17) is 9.47 Å². The number of amides is 2. The fraction of sp³-hybridized carbons (Fsp3) is 0.364. The number of hydrogen-bond donors (Lipinski definition) is 2. The highest BCUT2D eigenvalue weighted by Crippen LogP contribution is 2.22. The maximum atomic E-state index is 12.1. The molecule has 28 heavy (non-hydrogen) atoms. The SMILES string of the molecule is Cc1cccc(C)c1OCC(=O)NNC(=O)c1ccc(OCCC(C)C)cc1. The van der Waals surface area contributed by atoms with E-state index in [9.17, 15) is 9.59 Å². The average Bonchev–Trinajstić information content (AvgIpc) is 2.66. The van der Waals surface area contributed by atoms with Gasteiger partial charge in [-0.2, -0.15) is 0 Å². The molecule has 2 N–H and O–H groups in total. The normalized spacial score (nSPS) is 10.5. The van der Waals surface area contributed by atoms with E-state index >= 15 is 0 Å². The van der Waals surface area contributed by atoms with Crippen LogP contribution in [-0.2, 0) is 4.79 Å². The summed E-state index contributed by atoms with van der Waals surface area (Å²) in [6, 6.07) is 12.5. The van der Waals surface area contributed by atoms with Gasteiger partial charge in [0.1, 0.15) is 11.5 Å². The number of para-hydroxylation sites is 1. The van der Waals surface area contributed by atoms with Gasteiger partial charge in [0.05, 0.1) is 6.61 Å². The van der Waals surface area contributed by atoms with E-state index < -0.39 is 11.8 Å². The van der Waals surface area contributed by atoms with Crippen LogP contribution in [0.5, 0.6) is 11.5 Å². The fourth-order valence-corrected chi connectivity index (χ4v) is 2.51. The van der Waals surface area contributed by atoms with E-state index in [0.29, 0.717) is 29.6 Å². The molecule has 0 aliphatic rings. The number of hydrogen-bond acceptors (Lipinski definition) is 4. The molecule has 0 saturated heterocycles. The lowest BCUT2D eigenvalue weighted by Crippen LogP contribution is -2.43. The molecular weight excluding hydrogens is 356 g/mol. The predicted molar refractivity (Wildman–Crippen MR) is 108 cm³/mol. The summed E-state index contributed by atoms with van der Waals surface area (Å²) in [6.07, 6.45) is 0.971. The molecule has 0 radical (unpaired) electrons. The Hall–Kier alpha value is -3.02. The summed E-state index contributed by atoms with van der Waals surface area (Å²) in [4.78, 5) is 24.1. The molecular formula is C22H28N2O4. The Balaban J connectivity index is 1.77. The number of carbonyl (C=O) groups excluding carboxylic acids is 2. The van der Waals surface area contributed by atoms with Crippen LogP contribution in [0.3, 0.4) is 0 Å². The maximum Gasteiger partial charge on any atom is 0.276 e. The lowest BCUT2D eigenvalue weighted by Gasteiger charge is -2.12. The van der Waals surface area contributed by atoms with Gasteiger partial charge in [0.25, 0.3) is 11.8 Å². The number of ether oxygens (including phenoxy) is 2. The second kappa shape index (κ2) is 10.3. The van der Waals surface area contributed by atoms with Crippen molar-refractivity contribution >= 4 is 11.8 Å². The topological polar surface area (TPSA) is 76.7 Å². The molecule has 0 atom stereocenters. The molecule has 6 heteroatoms. The Bertz CT molecular complexity index is 780. The number of rotatable bonds is 8. The van der Waals surface area contributed by atoms with Crippen molar-refractivity contribution in [2.45, 2.75) is 34.1 Å². The Labute approximate surface area is 166 Å². The number of aryl methyl sites for hydroxylation is 2. The monoisotopic (exact) mass is 384 g/mol. The van der Waals surface area contributed by atoms with Crippen LogP contribution in [0.2, 0.25) is 0 Å². The van der Waals surface area contributed by atoms with E-state index in [1.807, 2.05) is 32.0 Å². The van der Waals surface area contributed by atoms with Crippen molar-refractivity contribution in [2.24, 2.45) is 5.92 Å². The number of hydrazine groups is 1. The Morgan fingerprint density at radius 1 is 0.929 bits per heavy atom. The van der Waals surface area contributed by atoms with Crippen LogP contribution in [0.25, 0.3) is 0 Å². The molecule has 0 bridgehead atoms. The highest BCUT2D eigenvalue weighted by Gasteiger charge is 2.10. The minimum atomic E-state index is -0.440. The summed E-state index contributed by atoms with van der Waals surface area (Å²) in [5, 5.41) is 0. The molecule has 0 unspecified atom stereocenters. The molecule has 0 aromatic heterocycles. The molecule has 2 rings (SSSR count). The lowest BCUT2D eigenvalue weighted by molar-refractivity contribution is -0.123. The summed E-state index contributed by atoms with van der Waals surface area (Å²) in [5.74, 6) is 1.12. The zero-order valence-corrected chi connectivity index (χ0v) is 16.9. The van der Waals surface area contributed by atoms with Crippen molar-refractivity contribution in [3.8, 4) is 11.5 Å². The molecule has 0 aliphatic heterocycles. The minimum Gasteiger partial charge on any atom is -0.494 e. The third-order valence-corrected chi connectivity index (χ3v) is 4.15. The highest BCUT2D eigenvalue weighted by molar-refractivity contribution is 5.95. The number of nitrogens with one attached hydrogen (secondary N) is 2. The summed E-state index contributed by atoms with van der Waals surface area (Å²) in [7, 11) is 0. The van der Waals surface area contributed by atoms with Crippen LogP contribution in [0.4, 0.5) is 0 Å². The van der Waals surface area contributed by atoms with Crippen molar-refractivity contribution in [2.75, 3.05) is 13.2 Å². The molecule has 0 heterocycles. The molecule has 0 saturated carbocycles. The van der Waals surface area contributed by atoms with Crippen molar-refractivity contribution in [1.82, 2.24) is 10.9 Å². The molecule has 2 aromatic rings. The molecule has 0 aliphatic carbocycles. The summed E-state index contributed by atoms with van der Waals surface area (Å²) in [5.41, 5.74) is 7.07. The van der Waals surface area contributed by atoms with Crippen LogP contribution in [-0.4, -0.2) is 25.0 Å². The van der Waals surface area contributed by atoms with Gasteiger partial charge in [-0.3, -0.25) is 20.4 Å². The summed E-state index contributed by atoms with van der Waals surface area (Å²) >= 11 is 0. The van der Waals surface area contributed by atoms with E-state index in [1.165, 1.54) is 0 Å². The third kappa shape index (κ3) is 6.61. The zero-order chi connectivity index (χ0) is 20.5. The third-order valence-electron chi connectivity index (χ3n) is 4.15. The van der Waals surface area contributed by atoms with Gasteiger partial charge in [0, 0.05) is 5.56 Å². The lowest BCUT2D eigenvalue weighted by atomic mass is 10.1. The van der Waals surface area contributed by atoms with E-state index in [2.05, 4.69) is 24.7 Å². The van der Waals surface area contributed by atoms with Gasteiger partial charge in [-0.1, -0.05) is 32.0 Å². The van der Waals surface area contributed by atoms with Gasteiger partial charge in [-0.05, 0) is 61.6 Å². The zero-order valence-electron chi connectivity index (χ0n) is 16.9. The van der Waals surface area contributed by atoms with Crippen LogP contribution in [0.15, 0.2) is 42.5 Å². The fourth-order valence-electron chi connectivity index (χ4n) is 2.51. The van der Waals surface area contributed by atoms with Gasteiger partial charge in [0.15, 0.2) is 6.61 Å². The van der Waals surface area contributed by atoms with Gasteiger partial charge in [0.2, 0.25) is 0 Å². The molecule has 2 aromatic carbocycles. The first-order valence-electron chi connectivity index (χ1n) is 9.38. The first-order valence-corrected chi connectivity index (χ1v) is 9.38. The molecule has 150 valence electrons. The van der Waals surface area contributed by atoms with E-state index in [0.717, 1.165) is 17.5 Å². The van der Waals surface area contributed by atoms with Crippen LogP contribution >= 0.6 is 0 Å². The molecule has 0 fully saturated rings. The summed E-state index contributed by atoms with van der Waals surface area (Å²) < 4.78 is 11.2. The van der Waals surface area contributed by atoms with Gasteiger partial charge >= 0.3 is 0 Å². The van der Waals surface area contributed by atoms with Crippen LogP contribution < -0.4 is 20.3 Å². The average molecular weight is 384 g/mol. The van der Waals surface area contributed by atoms with Gasteiger partial charge < -0.3 is 9.47 Å². The van der Waals surface area contributed by atoms with Crippen LogP contribution in [0.1, 0.15) is 41.8 Å². The van der Waals surface area contributed by atoms with E-state index in [1.54, 1.807) is 24.3 Å². The second-order valence-electron chi connectivity index (χ2n) is 7.07. The maximum absolute atomic E-state index is 12.1. The first-order chi connectivity index (χ1) is 13.4. The van der Waals surface area contributed by atoms with Crippen LogP contribution in [0, 0.1) is 19.8 Å². The Morgan fingerprint density at radius 3 is 2.18 bits per heavy atom. The van der Waals surface area contributed by atoms with Gasteiger partial charge in [-0.25, -0.2) is 0 Å². The largest absolute Gasteiger partial charge is 0.494 e. The highest BCUT2D eigenvalue weighted by atomic mass is 16.5. The van der Waals surface area contributed by atoms with Crippen molar-refractivity contribution in [3.63, 3.8) is 0 Å². The Kier molecular flexibility index (Phi) is 7.87. The molecule has 6 nitrogen and oxygen atoms in total. The van der Waals surface area contributed by atoms with Crippen molar-refractivity contribution in [3.05, 3.63) is 59.2 Å². The van der Waals surface area contributed by atoms with Gasteiger partial charge in [-0.15, -0.1) is 0 Å². The second-order valence-corrected chi connectivity index (χ2v) is 7.07.